The van der Waals surface area contributed by atoms with Crippen LogP contribution in [0.15, 0.2) is 18.2 Å². The third-order valence-electron chi connectivity index (χ3n) is 1.78. The van der Waals surface area contributed by atoms with Gasteiger partial charge in [0, 0.05) is 17.9 Å². The molecule has 0 aromatic heterocycles. The van der Waals surface area contributed by atoms with Gasteiger partial charge in [0.25, 0.3) is 0 Å². The minimum Gasteiger partial charge on any atom is -0.507 e. The van der Waals surface area contributed by atoms with Crippen molar-refractivity contribution >= 4 is 17.4 Å². The third-order valence-corrected chi connectivity index (χ3v) is 1.97. The number of carbonyl (C=O) groups excluding carboxylic acids is 1. The quantitative estimate of drug-likeness (QED) is 0.613. The highest BCUT2D eigenvalue weighted by molar-refractivity contribution is 6.19. The number of Topliss-reactive ketones (excluding diaryl/α,β-unsaturated/α-hetero) is 1. The van der Waals surface area contributed by atoms with Crippen molar-refractivity contribution < 1.29 is 9.90 Å². The number of nitriles is 1. The summed E-state index contributed by atoms with van der Waals surface area (Å²) in [5, 5.41) is 18.0. The molecule has 0 amide bonds. The fourth-order valence-electron chi connectivity index (χ4n) is 1.11. The van der Waals surface area contributed by atoms with Crippen LogP contribution < -0.4 is 0 Å². The molecule has 1 aromatic carbocycles. The first-order valence-electron chi connectivity index (χ1n) is 4.02. The van der Waals surface area contributed by atoms with Crippen LogP contribution in [-0.4, -0.2) is 16.8 Å². The topological polar surface area (TPSA) is 61.1 Å². The van der Waals surface area contributed by atoms with Crippen molar-refractivity contribution in [2.45, 2.75) is 6.42 Å². The van der Waals surface area contributed by atoms with E-state index in [1.807, 2.05) is 0 Å². The van der Waals surface area contributed by atoms with Gasteiger partial charge in [0.1, 0.15) is 17.4 Å². The molecular weight excluding hydrogens is 202 g/mol. The summed E-state index contributed by atoms with van der Waals surface area (Å²) in [4.78, 5) is 11.4. The Bertz CT molecular complexity index is 396. The predicted molar refractivity (Wildman–Crippen MR) is 52.5 cm³/mol. The number of hydrogen-bond donors (Lipinski definition) is 1. The Balaban J connectivity index is 3.15. The lowest BCUT2D eigenvalue weighted by molar-refractivity contribution is 0.0988. The van der Waals surface area contributed by atoms with Gasteiger partial charge in [-0.15, -0.1) is 11.6 Å². The standard InChI is InChI=1S/C10H8ClNO2/c11-5-4-10(14)7-2-1-3-9(13)8(7)6-12/h1-3,13H,4-5H2. The van der Waals surface area contributed by atoms with E-state index in [4.69, 9.17) is 16.9 Å². The fourth-order valence-corrected chi connectivity index (χ4v) is 1.28. The van der Waals surface area contributed by atoms with Gasteiger partial charge < -0.3 is 5.11 Å². The molecule has 4 heteroatoms. The van der Waals surface area contributed by atoms with Gasteiger partial charge in [-0.1, -0.05) is 6.07 Å². The summed E-state index contributed by atoms with van der Waals surface area (Å²) in [7, 11) is 0. The number of rotatable bonds is 3. The van der Waals surface area contributed by atoms with Crippen LogP contribution in [0.3, 0.4) is 0 Å². The average Bonchev–Trinajstić information content (AvgIpc) is 2.17. The normalized spacial score (nSPS) is 9.43. The van der Waals surface area contributed by atoms with Gasteiger partial charge in [0.05, 0.1) is 0 Å². The molecule has 0 bridgehead atoms. The number of phenolic OH excluding ortho intramolecular Hbond substituents is 1. The Labute approximate surface area is 86.5 Å². The largest absolute Gasteiger partial charge is 0.507 e. The lowest BCUT2D eigenvalue weighted by atomic mass is 10.0. The zero-order valence-electron chi connectivity index (χ0n) is 7.33. The molecule has 0 fully saturated rings. The van der Waals surface area contributed by atoms with Crippen LogP contribution in [0.25, 0.3) is 0 Å². The molecule has 1 aromatic rings. The Morgan fingerprint density at radius 2 is 2.29 bits per heavy atom. The van der Waals surface area contributed by atoms with Crippen molar-refractivity contribution in [3.63, 3.8) is 0 Å². The van der Waals surface area contributed by atoms with Crippen LogP contribution >= 0.6 is 11.6 Å². The second-order valence-electron chi connectivity index (χ2n) is 2.67. The zero-order chi connectivity index (χ0) is 10.6. The molecule has 0 radical (unpaired) electrons. The second-order valence-corrected chi connectivity index (χ2v) is 3.05. The van der Waals surface area contributed by atoms with Crippen LogP contribution in [-0.2, 0) is 0 Å². The number of benzene rings is 1. The fraction of sp³-hybridized carbons (Fsp3) is 0.200. The van der Waals surface area contributed by atoms with Crippen molar-refractivity contribution in [2.75, 3.05) is 5.88 Å². The number of ketones is 1. The van der Waals surface area contributed by atoms with Crippen molar-refractivity contribution in [3.8, 4) is 11.8 Å². The van der Waals surface area contributed by atoms with E-state index in [0.29, 0.717) is 0 Å². The molecule has 1 N–H and O–H groups in total. The number of hydrogen-bond acceptors (Lipinski definition) is 3. The summed E-state index contributed by atoms with van der Waals surface area (Å²) in [6.45, 7) is 0. The maximum Gasteiger partial charge on any atom is 0.165 e. The maximum atomic E-state index is 11.4. The van der Waals surface area contributed by atoms with Gasteiger partial charge in [-0.05, 0) is 12.1 Å². The molecule has 72 valence electrons. The van der Waals surface area contributed by atoms with Crippen LogP contribution in [0.2, 0.25) is 0 Å². The van der Waals surface area contributed by atoms with Crippen LogP contribution in [0.5, 0.6) is 5.75 Å². The minimum atomic E-state index is -0.229. The average molecular weight is 210 g/mol. The minimum absolute atomic E-state index is 0.0163. The number of phenols is 1. The third kappa shape index (κ3) is 2.04. The van der Waals surface area contributed by atoms with Crippen molar-refractivity contribution in [1.29, 1.82) is 5.26 Å². The highest BCUT2D eigenvalue weighted by atomic mass is 35.5. The molecule has 0 aliphatic carbocycles. The molecule has 1 rings (SSSR count). The van der Waals surface area contributed by atoms with Gasteiger partial charge in [0.15, 0.2) is 5.78 Å². The van der Waals surface area contributed by atoms with Crippen molar-refractivity contribution in [1.82, 2.24) is 0 Å². The van der Waals surface area contributed by atoms with Crippen molar-refractivity contribution in [3.05, 3.63) is 29.3 Å². The van der Waals surface area contributed by atoms with E-state index in [9.17, 15) is 9.90 Å². The first kappa shape index (κ1) is 10.6. The first-order valence-corrected chi connectivity index (χ1v) is 4.55. The van der Waals surface area contributed by atoms with Gasteiger partial charge in [-0.25, -0.2) is 0 Å². The molecule has 0 saturated carbocycles. The van der Waals surface area contributed by atoms with Crippen molar-refractivity contribution in [2.24, 2.45) is 0 Å². The van der Waals surface area contributed by atoms with E-state index in [-0.39, 0.29) is 35.0 Å². The van der Waals surface area contributed by atoms with Gasteiger partial charge >= 0.3 is 0 Å². The Morgan fingerprint density at radius 1 is 1.57 bits per heavy atom. The number of halogens is 1. The van der Waals surface area contributed by atoms with Crippen LogP contribution in [0.1, 0.15) is 22.3 Å². The van der Waals surface area contributed by atoms with Gasteiger partial charge in [-0.2, -0.15) is 5.26 Å². The smallest absolute Gasteiger partial charge is 0.165 e. The van der Waals surface area contributed by atoms with E-state index in [1.165, 1.54) is 18.2 Å². The van der Waals surface area contributed by atoms with E-state index < -0.39 is 0 Å². The molecule has 0 aliphatic rings. The molecule has 0 saturated heterocycles. The lowest BCUT2D eigenvalue weighted by Crippen LogP contribution is -2.02. The molecule has 0 heterocycles. The summed E-state index contributed by atoms with van der Waals surface area (Å²) in [5.41, 5.74) is 0.246. The number of aromatic hydroxyl groups is 1. The zero-order valence-corrected chi connectivity index (χ0v) is 8.08. The molecule has 3 nitrogen and oxygen atoms in total. The molecular formula is C10H8ClNO2. The summed E-state index contributed by atoms with van der Waals surface area (Å²) in [6, 6.07) is 6.19. The number of carbonyl (C=O) groups is 1. The summed E-state index contributed by atoms with van der Waals surface area (Å²) in [6.07, 6.45) is 0.166. The van der Waals surface area contributed by atoms with E-state index in [2.05, 4.69) is 0 Å². The summed E-state index contributed by atoms with van der Waals surface area (Å²) in [5.74, 6) is -0.195. The predicted octanol–water partition coefficient (Wildman–Crippen LogP) is 2.08. The molecule has 14 heavy (non-hydrogen) atoms. The molecule has 0 atom stereocenters. The van der Waals surface area contributed by atoms with E-state index >= 15 is 0 Å². The molecule has 0 unspecified atom stereocenters. The molecule has 0 aliphatic heterocycles. The second kappa shape index (κ2) is 4.64. The SMILES string of the molecule is N#Cc1c(O)cccc1C(=O)CCCl. The van der Waals surface area contributed by atoms with Crippen LogP contribution in [0.4, 0.5) is 0 Å². The van der Waals surface area contributed by atoms with Crippen LogP contribution in [0, 0.1) is 11.3 Å². The van der Waals surface area contributed by atoms with Gasteiger partial charge in [0.2, 0.25) is 0 Å². The van der Waals surface area contributed by atoms with Gasteiger partial charge in [-0.3, -0.25) is 4.79 Å². The number of nitrogens with zero attached hydrogens (tertiary/aromatic N) is 1. The monoisotopic (exact) mass is 209 g/mol. The summed E-state index contributed by atoms with van der Waals surface area (Å²) >= 11 is 5.42. The number of alkyl halides is 1. The molecule has 0 spiro atoms. The Morgan fingerprint density at radius 3 is 2.86 bits per heavy atom. The highest BCUT2D eigenvalue weighted by Gasteiger charge is 2.13. The van der Waals surface area contributed by atoms with E-state index in [1.54, 1.807) is 6.07 Å². The van der Waals surface area contributed by atoms with E-state index in [0.717, 1.165) is 0 Å². The first-order chi connectivity index (χ1) is 6.70. The highest BCUT2D eigenvalue weighted by Crippen LogP contribution is 2.20. The Kier molecular flexibility index (Phi) is 3.49. The Hall–Kier alpha value is -1.53. The summed E-state index contributed by atoms with van der Waals surface area (Å²) < 4.78 is 0. The maximum absolute atomic E-state index is 11.4. The lowest BCUT2D eigenvalue weighted by Gasteiger charge is -2.02.